The average molecular weight is 830 g/mol. The molecule has 0 fully saturated rings. The first kappa shape index (κ1) is 35.5. The zero-order valence-corrected chi connectivity index (χ0v) is 35.3. The largest absolute Gasteiger partial charge is 0.208 e. The number of hydrogen-bond donors (Lipinski definition) is 0. The first-order valence-corrected chi connectivity index (χ1v) is 22.7. The molecule has 2 heterocycles. The molecule has 2 aromatic heterocycles. The van der Waals surface area contributed by atoms with E-state index in [1.807, 2.05) is 11.3 Å². The molecule has 64 heavy (non-hydrogen) atoms. The van der Waals surface area contributed by atoms with Gasteiger partial charge in [-0.3, -0.25) is 0 Å². The second kappa shape index (κ2) is 13.7. The topological polar surface area (TPSA) is 38.7 Å². The molecule has 0 amide bonds. The molecule has 0 N–H and O–H groups in total. The fourth-order valence-corrected chi connectivity index (χ4v) is 11.8. The van der Waals surface area contributed by atoms with Crippen LogP contribution < -0.4 is 0 Å². The maximum Gasteiger partial charge on any atom is 0.164 e. The SMILES string of the molecule is c1ccc2cc(-c3nc(-c4cc5ccccc5c5ccccc45)nc(-c4ccc(C5c6cc7ccccc7cc6-c6cc7ccccc7cc65)c5sc6ccccc6c45)n3)ccc2c1. The van der Waals surface area contributed by atoms with E-state index in [0.29, 0.717) is 17.5 Å². The molecule has 0 atom stereocenters. The Balaban J connectivity index is 1.05. The lowest BCUT2D eigenvalue weighted by atomic mass is 9.86. The van der Waals surface area contributed by atoms with Crippen LogP contribution in [0.2, 0.25) is 0 Å². The normalized spacial score (nSPS) is 12.6. The van der Waals surface area contributed by atoms with E-state index in [4.69, 9.17) is 15.0 Å². The molecule has 0 bridgehead atoms. The second-order valence-corrected chi connectivity index (χ2v) is 18.1. The summed E-state index contributed by atoms with van der Waals surface area (Å²) in [6.07, 6.45) is 0. The van der Waals surface area contributed by atoms with Crippen LogP contribution in [0, 0.1) is 0 Å². The standard InChI is InChI=1S/C60H35N3S/c1-2-14-36-29-42(26-25-35(36)13-1)58-61-59(63-60(62-58)53-34-41-19-7-8-20-43(41)44-21-9-10-22-45(44)53)48-28-27-47(57-56(48)46-23-11-12-24-54(46)64-57)55-51-32-39-17-5-3-15-37(39)30-49(51)50-31-38-16-4-6-18-40(38)33-52(50)55/h1-34,55H. The third-order valence-corrected chi connectivity index (χ3v) is 14.7. The molecule has 1 aliphatic rings. The average Bonchev–Trinajstić information content (AvgIpc) is 3.89. The Kier molecular flexibility index (Phi) is 7.62. The summed E-state index contributed by atoms with van der Waals surface area (Å²) in [5, 5.41) is 14.4. The maximum atomic E-state index is 5.51. The van der Waals surface area contributed by atoms with E-state index >= 15 is 0 Å². The van der Waals surface area contributed by atoms with Gasteiger partial charge in [-0.25, -0.2) is 15.0 Å². The van der Waals surface area contributed by atoms with Gasteiger partial charge in [0.15, 0.2) is 17.5 Å². The lowest BCUT2D eigenvalue weighted by Gasteiger charge is -2.18. The van der Waals surface area contributed by atoms with Crippen LogP contribution in [0.1, 0.15) is 22.6 Å². The predicted octanol–water partition coefficient (Wildman–Crippen LogP) is 16.2. The van der Waals surface area contributed by atoms with Crippen molar-refractivity contribution in [2.24, 2.45) is 0 Å². The zero-order valence-electron chi connectivity index (χ0n) is 34.5. The highest BCUT2D eigenvalue weighted by atomic mass is 32.1. The van der Waals surface area contributed by atoms with Gasteiger partial charge in [-0.1, -0.05) is 164 Å². The van der Waals surface area contributed by atoms with Crippen molar-refractivity contribution >= 4 is 85.4 Å². The molecule has 3 nitrogen and oxygen atoms in total. The van der Waals surface area contributed by atoms with Gasteiger partial charge in [0.1, 0.15) is 0 Å². The lowest BCUT2D eigenvalue weighted by molar-refractivity contribution is 1.04. The molecule has 13 aromatic rings. The molecule has 0 unspecified atom stereocenters. The van der Waals surface area contributed by atoms with Gasteiger partial charge >= 0.3 is 0 Å². The summed E-state index contributed by atoms with van der Waals surface area (Å²) >= 11 is 1.88. The Labute approximate surface area is 372 Å². The van der Waals surface area contributed by atoms with E-state index in [9.17, 15) is 0 Å². The monoisotopic (exact) mass is 829 g/mol. The Morgan fingerprint density at radius 3 is 1.50 bits per heavy atom. The van der Waals surface area contributed by atoms with Gasteiger partial charge in [0, 0.05) is 42.8 Å². The summed E-state index contributed by atoms with van der Waals surface area (Å²) in [7, 11) is 0. The smallest absolute Gasteiger partial charge is 0.164 e. The van der Waals surface area contributed by atoms with Crippen molar-refractivity contribution in [3.63, 3.8) is 0 Å². The lowest BCUT2D eigenvalue weighted by Crippen LogP contribution is -2.03. The van der Waals surface area contributed by atoms with Crippen LogP contribution in [0.3, 0.4) is 0 Å². The highest BCUT2D eigenvalue weighted by molar-refractivity contribution is 7.26. The minimum absolute atomic E-state index is 0.0369. The molecule has 296 valence electrons. The van der Waals surface area contributed by atoms with Crippen LogP contribution in [-0.2, 0) is 0 Å². The molecule has 0 radical (unpaired) electrons. The van der Waals surface area contributed by atoms with Crippen LogP contribution in [0.25, 0.3) is 119 Å². The number of fused-ring (bicyclic) bond motifs is 12. The van der Waals surface area contributed by atoms with Crippen LogP contribution in [0.15, 0.2) is 206 Å². The summed E-state index contributed by atoms with van der Waals surface area (Å²) in [6.45, 7) is 0. The molecule has 0 aliphatic heterocycles. The van der Waals surface area contributed by atoms with Crippen molar-refractivity contribution in [1.82, 2.24) is 15.0 Å². The van der Waals surface area contributed by atoms with E-state index < -0.39 is 0 Å². The Bertz CT molecular complexity index is 4020. The highest BCUT2D eigenvalue weighted by Crippen LogP contribution is 2.54. The van der Waals surface area contributed by atoms with Gasteiger partial charge in [0.05, 0.1) is 0 Å². The van der Waals surface area contributed by atoms with Crippen LogP contribution in [0.5, 0.6) is 0 Å². The molecule has 4 heteroatoms. The van der Waals surface area contributed by atoms with Gasteiger partial charge in [-0.2, -0.15) is 0 Å². The van der Waals surface area contributed by atoms with Gasteiger partial charge in [-0.05, 0) is 124 Å². The second-order valence-electron chi connectivity index (χ2n) is 17.1. The molecule has 0 saturated heterocycles. The van der Waals surface area contributed by atoms with Crippen molar-refractivity contribution in [2.45, 2.75) is 5.92 Å². The Hall–Kier alpha value is -8.05. The van der Waals surface area contributed by atoms with Crippen molar-refractivity contribution in [3.05, 3.63) is 223 Å². The number of aromatic nitrogens is 3. The van der Waals surface area contributed by atoms with Gasteiger partial charge in [0.25, 0.3) is 0 Å². The van der Waals surface area contributed by atoms with E-state index in [-0.39, 0.29) is 5.92 Å². The van der Waals surface area contributed by atoms with Crippen molar-refractivity contribution in [2.75, 3.05) is 0 Å². The summed E-state index contributed by atoms with van der Waals surface area (Å²) in [6, 6.07) is 75.2. The van der Waals surface area contributed by atoms with Gasteiger partial charge < -0.3 is 0 Å². The van der Waals surface area contributed by atoms with Crippen LogP contribution in [0.4, 0.5) is 0 Å². The quantitative estimate of drug-likeness (QED) is 0.166. The van der Waals surface area contributed by atoms with E-state index in [0.717, 1.165) is 32.8 Å². The van der Waals surface area contributed by atoms with E-state index in [2.05, 4.69) is 206 Å². The van der Waals surface area contributed by atoms with Crippen molar-refractivity contribution in [1.29, 1.82) is 0 Å². The number of nitrogens with zero attached hydrogens (tertiary/aromatic N) is 3. The minimum Gasteiger partial charge on any atom is -0.208 e. The van der Waals surface area contributed by atoms with Gasteiger partial charge in [0.2, 0.25) is 0 Å². The third kappa shape index (κ3) is 5.36. The van der Waals surface area contributed by atoms with Crippen molar-refractivity contribution < 1.29 is 0 Å². The number of hydrogen-bond acceptors (Lipinski definition) is 4. The summed E-state index contributed by atoms with van der Waals surface area (Å²) in [5.74, 6) is 2.01. The van der Waals surface area contributed by atoms with Crippen LogP contribution in [-0.4, -0.2) is 15.0 Å². The Morgan fingerprint density at radius 1 is 0.312 bits per heavy atom. The Morgan fingerprint density at radius 2 is 0.812 bits per heavy atom. The molecule has 14 rings (SSSR count). The molecule has 0 saturated carbocycles. The van der Waals surface area contributed by atoms with E-state index in [1.54, 1.807) is 0 Å². The third-order valence-electron chi connectivity index (χ3n) is 13.5. The number of rotatable bonds is 4. The first-order valence-electron chi connectivity index (χ1n) is 21.9. The molecule has 1 aliphatic carbocycles. The summed E-state index contributed by atoms with van der Waals surface area (Å²) < 4.78 is 2.50. The number of benzene rings is 11. The van der Waals surface area contributed by atoms with Crippen molar-refractivity contribution in [3.8, 4) is 45.3 Å². The molecular weight excluding hydrogens is 795 g/mol. The molecule has 11 aromatic carbocycles. The fourth-order valence-electron chi connectivity index (χ4n) is 10.5. The van der Waals surface area contributed by atoms with E-state index in [1.165, 1.54) is 85.7 Å². The molecular formula is C60H35N3S. The summed E-state index contributed by atoms with van der Waals surface area (Å²) in [5.41, 5.74) is 9.56. The van der Waals surface area contributed by atoms with Gasteiger partial charge in [-0.15, -0.1) is 11.3 Å². The maximum absolute atomic E-state index is 5.51. The number of thiophene rings is 1. The first-order chi connectivity index (χ1) is 31.7. The molecule has 0 spiro atoms. The predicted molar refractivity (Wildman–Crippen MR) is 269 cm³/mol. The highest BCUT2D eigenvalue weighted by Gasteiger charge is 2.33. The zero-order chi connectivity index (χ0) is 41.9. The van der Waals surface area contributed by atoms with Crippen LogP contribution >= 0.6 is 11.3 Å². The minimum atomic E-state index is 0.0369. The fraction of sp³-hybridized carbons (Fsp3) is 0.0167. The summed E-state index contributed by atoms with van der Waals surface area (Å²) in [4.78, 5) is 16.3.